The second kappa shape index (κ2) is 6.79. The van der Waals surface area contributed by atoms with E-state index in [1.807, 2.05) is 0 Å². The second-order valence-corrected chi connectivity index (χ2v) is 9.23. The van der Waals surface area contributed by atoms with E-state index in [1.54, 1.807) is 29.8 Å². The van der Waals surface area contributed by atoms with Gasteiger partial charge in [-0.2, -0.15) is 12.3 Å². The zero-order chi connectivity index (χ0) is 19.9. The molecule has 5 nitrogen and oxygen atoms in total. The first-order valence-corrected chi connectivity index (χ1v) is 10.4. The van der Waals surface area contributed by atoms with Crippen LogP contribution in [0.3, 0.4) is 0 Å². The molecule has 0 radical (unpaired) electrons. The fraction of sp³-hybridized carbons (Fsp3) is 0.250. The molecule has 1 aromatic heterocycles. The smallest absolute Gasteiger partial charge is 0.339 e. The Hall–Kier alpha value is -2.58. The van der Waals surface area contributed by atoms with Gasteiger partial charge in [0.05, 0.1) is 12.9 Å². The first-order chi connectivity index (χ1) is 13.3. The Morgan fingerprint density at radius 2 is 1.86 bits per heavy atom. The van der Waals surface area contributed by atoms with Crippen LogP contribution in [0.5, 0.6) is 0 Å². The lowest BCUT2D eigenvalue weighted by molar-refractivity contribution is 0.458. The van der Waals surface area contributed by atoms with E-state index < -0.39 is 19.7 Å². The minimum absolute atomic E-state index is 0.0426. The highest BCUT2D eigenvalue weighted by Gasteiger charge is 2.52. The summed E-state index contributed by atoms with van der Waals surface area (Å²) >= 11 is 0. The van der Waals surface area contributed by atoms with Crippen molar-refractivity contribution < 1.29 is 17.2 Å². The highest BCUT2D eigenvalue weighted by Crippen LogP contribution is 2.42. The van der Waals surface area contributed by atoms with Crippen LogP contribution in [-0.2, 0) is 17.1 Å². The third-order valence-electron chi connectivity index (χ3n) is 5.38. The minimum Gasteiger partial charge on any atom is -0.339 e. The SMILES string of the molecule is Cn1cnc(S(=O)(=O)[N+]2(c3cccc(F)c3)CC[C@@H](c3ccc(F)cc3)C2)c1. The van der Waals surface area contributed by atoms with Crippen molar-refractivity contribution in [2.45, 2.75) is 17.4 Å². The molecule has 2 heterocycles. The summed E-state index contributed by atoms with van der Waals surface area (Å²) < 4.78 is 55.7. The largest absolute Gasteiger partial charge is 0.351 e. The topological polar surface area (TPSA) is 52.0 Å². The molecule has 0 N–H and O–H groups in total. The van der Waals surface area contributed by atoms with Crippen molar-refractivity contribution in [3.05, 3.63) is 78.3 Å². The van der Waals surface area contributed by atoms with Crippen LogP contribution >= 0.6 is 0 Å². The van der Waals surface area contributed by atoms with Crippen LogP contribution in [-0.4, -0.2) is 31.1 Å². The molecule has 2 aromatic carbocycles. The van der Waals surface area contributed by atoms with Crippen molar-refractivity contribution in [2.75, 3.05) is 13.1 Å². The fourth-order valence-electron chi connectivity index (χ4n) is 3.93. The molecule has 1 fully saturated rings. The molecular weight excluding hydrogens is 384 g/mol. The van der Waals surface area contributed by atoms with Crippen molar-refractivity contribution in [3.8, 4) is 0 Å². The number of aromatic nitrogens is 2. The molecule has 2 atom stereocenters. The van der Waals surface area contributed by atoms with Gasteiger partial charge in [0.15, 0.2) is 5.69 Å². The number of nitrogens with zero attached hydrogens (tertiary/aromatic N) is 3. The highest BCUT2D eigenvalue weighted by atomic mass is 32.2. The molecule has 1 saturated heterocycles. The zero-order valence-electron chi connectivity index (χ0n) is 15.3. The molecule has 0 amide bonds. The highest BCUT2D eigenvalue weighted by molar-refractivity contribution is 7.90. The Kier molecular flexibility index (Phi) is 4.55. The molecule has 1 aliphatic rings. The summed E-state index contributed by atoms with van der Waals surface area (Å²) in [6, 6.07) is 11.8. The summed E-state index contributed by atoms with van der Waals surface area (Å²) in [5.74, 6) is -0.924. The third-order valence-corrected chi connectivity index (χ3v) is 7.58. The summed E-state index contributed by atoms with van der Waals surface area (Å²) in [5.41, 5.74) is 1.24. The molecular formula is C20H20F2N3O2S+. The number of benzene rings is 2. The lowest BCUT2D eigenvalue weighted by Crippen LogP contribution is -2.52. The number of aryl methyl sites for hydroxylation is 1. The fourth-order valence-corrected chi connectivity index (χ4v) is 5.88. The number of halogens is 2. The maximum atomic E-state index is 14.0. The summed E-state index contributed by atoms with van der Waals surface area (Å²) in [4.78, 5) is 4.05. The zero-order valence-corrected chi connectivity index (χ0v) is 16.1. The first kappa shape index (κ1) is 18.8. The molecule has 0 aliphatic carbocycles. The Balaban J connectivity index is 1.83. The minimum atomic E-state index is -3.93. The average molecular weight is 404 g/mol. The summed E-state index contributed by atoms with van der Waals surface area (Å²) in [5, 5.41) is -0.0426. The monoisotopic (exact) mass is 404 g/mol. The van der Waals surface area contributed by atoms with E-state index in [9.17, 15) is 17.2 Å². The van der Waals surface area contributed by atoms with E-state index in [1.165, 1.54) is 42.9 Å². The van der Waals surface area contributed by atoms with Crippen LogP contribution in [0.25, 0.3) is 0 Å². The Bertz CT molecular complexity index is 1110. The molecule has 1 unspecified atom stereocenters. The summed E-state index contributed by atoms with van der Waals surface area (Å²) in [7, 11) is -2.24. The number of rotatable bonds is 4. The van der Waals surface area contributed by atoms with Crippen molar-refractivity contribution in [1.29, 1.82) is 0 Å². The predicted molar refractivity (Wildman–Crippen MR) is 102 cm³/mol. The molecule has 0 bridgehead atoms. The van der Waals surface area contributed by atoms with Gasteiger partial charge in [0, 0.05) is 37.7 Å². The summed E-state index contributed by atoms with van der Waals surface area (Å²) in [6.07, 6.45) is 3.47. The van der Waals surface area contributed by atoms with Gasteiger partial charge in [-0.25, -0.2) is 13.8 Å². The van der Waals surface area contributed by atoms with Gasteiger partial charge in [0.2, 0.25) is 5.03 Å². The lowest BCUT2D eigenvalue weighted by Gasteiger charge is -2.31. The average Bonchev–Trinajstić information content (AvgIpc) is 3.30. The van der Waals surface area contributed by atoms with Gasteiger partial charge in [-0.05, 0) is 23.8 Å². The van der Waals surface area contributed by atoms with Crippen LogP contribution in [0.4, 0.5) is 14.5 Å². The second-order valence-electron chi connectivity index (χ2n) is 7.16. The van der Waals surface area contributed by atoms with E-state index in [2.05, 4.69) is 4.98 Å². The van der Waals surface area contributed by atoms with Crippen molar-refractivity contribution in [2.24, 2.45) is 7.05 Å². The van der Waals surface area contributed by atoms with Gasteiger partial charge >= 0.3 is 10.0 Å². The van der Waals surface area contributed by atoms with Gasteiger partial charge in [-0.3, -0.25) is 0 Å². The molecule has 28 heavy (non-hydrogen) atoms. The van der Waals surface area contributed by atoms with Gasteiger partial charge in [0.1, 0.15) is 18.2 Å². The van der Waals surface area contributed by atoms with E-state index >= 15 is 0 Å². The Morgan fingerprint density at radius 1 is 1.11 bits per heavy atom. The van der Waals surface area contributed by atoms with E-state index in [0.29, 0.717) is 12.1 Å². The summed E-state index contributed by atoms with van der Waals surface area (Å²) in [6.45, 7) is 0.512. The molecule has 8 heteroatoms. The number of sulfonamides is 1. The lowest BCUT2D eigenvalue weighted by atomic mass is 9.99. The molecule has 4 rings (SSSR count). The maximum Gasteiger partial charge on any atom is 0.351 e. The molecule has 0 spiro atoms. The number of hydrogen-bond donors (Lipinski definition) is 0. The van der Waals surface area contributed by atoms with E-state index in [4.69, 9.17) is 0 Å². The van der Waals surface area contributed by atoms with Crippen molar-refractivity contribution in [1.82, 2.24) is 13.4 Å². The third kappa shape index (κ3) is 3.02. The standard InChI is InChI=1S/C20H20F2N3O2S/c1-24-12-20(23-14-24)28(26,27)25(19-4-2-3-18(22)11-19)10-9-16(13-25)15-5-7-17(21)8-6-15/h2-8,11-12,14,16H,9-10,13H2,1H3/q+1/t16-,25?/m1/s1. The quantitative estimate of drug-likeness (QED) is 0.625. The van der Waals surface area contributed by atoms with E-state index in [-0.39, 0.29) is 29.9 Å². The van der Waals surface area contributed by atoms with Crippen LogP contribution in [0.2, 0.25) is 0 Å². The van der Waals surface area contributed by atoms with Gasteiger partial charge in [0.25, 0.3) is 0 Å². The van der Waals surface area contributed by atoms with Gasteiger partial charge < -0.3 is 4.57 Å². The number of hydrogen-bond acceptors (Lipinski definition) is 3. The first-order valence-electron chi connectivity index (χ1n) is 8.94. The van der Waals surface area contributed by atoms with Crippen molar-refractivity contribution in [3.63, 3.8) is 0 Å². The van der Waals surface area contributed by atoms with Crippen LogP contribution < -0.4 is 3.89 Å². The van der Waals surface area contributed by atoms with Crippen molar-refractivity contribution >= 4 is 15.7 Å². The Morgan fingerprint density at radius 3 is 2.50 bits per heavy atom. The van der Waals surface area contributed by atoms with Crippen LogP contribution in [0.15, 0.2) is 66.1 Å². The molecule has 146 valence electrons. The Labute approximate surface area is 162 Å². The number of imidazole rings is 1. The van der Waals surface area contributed by atoms with Crippen LogP contribution in [0, 0.1) is 11.6 Å². The maximum absolute atomic E-state index is 14.0. The normalized spacial score (nSPS) is 22.5. The predicted octanol–water partition coefficient (Wildman–Crippen LogP) is 3.58. The van der Waals surface area contributed by atoms with Crippen LogP contribution in [0.1, 0.15) is 17.9 Å². The molecule has 1 aliphatic heterocycles. The number of quaternary nitrogens is 1. The molecule has 0 saturated carbocycles. The van der Waals surface area contributed by atoms with Gasteiger partial charge in [-0.1, -0.05) is 18.2 Å². The molecule has 3 aromatic rings. The van der Waals surface area contributed by atoms with Gasteiger partial charge in [-0.15, -0.1) is 0 Å². The van der Waals surface area contributed by atoms with E-state index in [0.717, 1.165) is 5.56 Å².